The Kier molecular flexibility index (Phi) is 7.68. The van der Waals surface area contributed by atoms with Gasteiger partial charge in [-0.2, -0.15) is 0 Å². The van der Waals surface area contributed by atoms with E-state index in [9.17, 15) is 15.0 Å². The van der Waals surface area contributed by atoms with Crippen molar-refractivity contribution in [2.45, 2.75) is 56.8 Å². The first-order valence-electron chi connectivity index (χ1n) is 11.3. The number of hydrogen-bond acceptors (Lipinski definition) is 9. The zero-order chi connectivity index (χ0) is 24.1. The fourth-order valence-electron chi connectivity index (χ4n) is 4.40. The summed E-state index contributed by atoms with van der Waals surface area (Å²) in [4.78, 5) is 23.3. The summed E-state index contributed by atoms with van der Waals surface area (Å²) >= 11 is 0. The molecule has 3 heterocycles. The maximum atomic E-state index is 11.0. The van der Waals surface area contributed by atoms with E-state index in [1.165, 1.54) is 12.7 Å². The summed E-state index contributed by atoms with van der Waals surface area (Å²) in [6.45, 7) is 1.30. The average Bonchev–Trinajstić information content (AvgIpc) is 3.37. The molecule has 6 N–H and O–H groups in total. The van der Waals surface area contributed by atoms with Crippen LogP contribution in [-0.2, 0) is 16.1 Å². The quantitative estimate of drug-likeness (QED) is 0.273. The van der Waals surface area contributed by atoms with E-state index in [0.29, 0.717) is 43.5 Å². The number of imidazole rings is 1. The predicted molar refractivity (Wildman–Crippen MR) is 123 cm³/mol. The lowest BCUT2D eigenvalue weighted by molar-refractivity contribution is -0.137. The number of carbonyl (C=O) groups is 1. The van der Waals surface area contributed by atoms with Crippen LogP contribution in [0.3, 0.4) is 0 Å². The van der Waals surface area contributed by atoms with Crippen molar-refractivity contribution in [2.75, 3.05) is 12.3 Å². The molecule has 1 saturated heterocycles. The van der Waals surface area contributed by atoms with Crippen molar-refractivity contribution >= 4 is 23.0 Å². The molecule has 5 unspecified atom stereocenters. The fraction of sp³-hybridized carbons (Fsp3) is 0.478. The van der Waals surface area contributed by atoms with Gasteiger partial charge in [-0.05, 0) is 37.3 Å². The number of aromatic nitrogens is 4. The number of rotatable bonds is 11. The Morgan fingerprint density at radius 2 is 1.97 bits per heavy atom. The van der Waals surface area contributed by atoms with Crippen molar-refractivity contribution < 1.29 is 24.9 Å². The van der Waals surface area contributed by atoms with Crippen LogP contribution in [0, 0.1) is 5.92 Å². The van der Waals surface area contributed by atoms with Crippen molar-refractivity contribution in [2.24, 2.45) is 5.92 Å². The third-order valence-corrected chi connectivity index (χ3v) is 6.17. The Bertz CT molecular complexity index is 1090. The number of carboxylic acid groups (broad SMARTS) is 1. The van der Waals surface area contributed by atoms with Crippen LogP contribution in [0.25, 0.3) is 11.2 Å². The summed E-state index contributed by atoms with van der Waals surface area (Å²) in [5.41, 5.74) is 7.80. The standard InChI is InChI=1S/C23H30N6O5/c24-21-18-22(27-12-26-21)29(13-28-18)23-20(33)19(32)16(34-23)9-15(7-4-8-17(30)31)11-25-10-14-5-2-1-3-6-14/h1-3,5-6,12-13,15-16,19-20,23,25,32-33H,4,7-11H2,(H,30,31)(H2,24,26,27). The number of nitrogens with one attached hydrogen (secondary N) is 1. The van der Waals surface area contributed by atoms with E-state index in [2.05, 4.69) is 20.3 Å². The number of aliphatic hydroxyl groups is 2. The summed E-state index contributed by atoms with van der Waals surface area (Å²) in [5.74, 6) is -0.570. The zero-order valence-corrected chi connectivity index (χ0v) is 18.7. The molecule has 0 amide bonds. The molecule has 5 atom stereocenters. The molecule has 34 heavy (non-hydrogen) atoms. The Morgan fingerprint density at radius 3 is 2.74 bits per heavy atom. The molecular formula is C23H30N6O5. The second-order valence-electron chi connectivity index (χ2n) is 8.63. The predicted octanol–water partition coefficient (Wildman–Crippen LogP) is 1.08. The smallest absolute Gasteiger partial charge is 0.303 e. The lowest BCUT2D eigenvalue weighted by Crippen LogP contribution is -2.34. The first kappa shape index (κ1) is 24.0. The number of nitrogens with zero attached hydrogens (tertiary/aromatic N) is 4. The van der Waals surface area contributed by atoms with Gasteiger partial charge in [0.05, 0.1) is 12.4 Å². The fourth-order valence-corrected chi connectivity index (χ4v) is 4.40. The van der Waals surface area contributed by atoms with Crippen LogP contribution in [0.1, 0.15) is 37.5 Å². The van der Waals surface area contributed by atoms with Gasteiger partial charge in [0.15, 0.2) is 17.7 Å². The molecule has 2 aromatic heterocycles. The van der Waals surface area contributed by atoms with E-state index in [1.807, 2.05) is 30.3 Å². The van der Waals surface area contributed by atoms with E-state index >= 15 is 0 Å². The van der Waals surface area contributed by atoms with Crippen LogP contribution in [0.5, 0.6) is 0 Å². The number of benzene rings is 1. The normalized spacial score (nSPS) is 23.4. The molecule has 0 saturated carbocycles. The number of carboxylic acids is 1. The molecule has 0 radical (unpaired) electrons. The largest absolute Gasteiger partial charge is 0.481 e. The van der Waals surface area contributed by atoms with Crippen LogP contribution < -0.4 is 11.1 Å². The molecule has 0 spiro atoms. The number of ether oxygens (including phenoxy) is 1. The van der Waals surface area contributed by atoms with E-state index in [0.717, 1.165) is 5.56 Å². The van der Waals surface area contributed by atoms with Crippen molar-refractivity contribution in [3.8, 4) is 0 Å². The van der Waals surface area contributed by atoms with E-state index in [1.54, 1.807) is 4.57 Å². The minimum Gasteiger partial charge on any atom is -0.481 e. The first-order chi connectivity index (χ1) is 16.4. The summed E-state index contributed by atoms with van der Waals surface area (Å²) in [7, 11) is 0. The highest BCUT2D eigenvalue weighted by atomic mass is 16.6. The molecule has 11 heteroatoms. The van der Waals surface area contributed by atoms with Gasteiger partial charge in [0, 0.05) is 13.0 Å². The monoisotopic (exact) mass is 470 g/mol. The molecule has 11 nitrogen and oxygen atoms in total. The topological polar surface area (TPSA) is 169 Å². The third kappa shape index (κ3) is 5.50. The van der Waals surface area contributed by atoms with Gasteiger partial charge in [-0.25, -0.2) is 15.0 Å². The Hall–Kier alpha value is -3.12. The average molecular weight is 471 g/mol. The summed E-state index contributed by atoms with van der Waals surface area (Å²) < 4.78 is 7.63. The lowest BCUT2D eigenvalue weighted by Gasteiger charge is -2.23. The first-order valence-corrected chi connectivity index (χ1v) is 11.3. The molecule has 4 rings (SSSR count). The zero-order valence-electron chi connectivity index (χ0n) is 18.7. The molecule has 1 fully saturated rings. The SMILES string of the molecule is Nc1ncnc2c1ncn2C1OC(CC(CCCC(=O)O)CNCc2ccccc2)C(O)C1O. The second kappa shape index (κ2) is 10.9. The van der Waals surface area contributed by atoms with Crippen LogP contribution >= 0.6 is 0 Å². The summed E-state index contributed by atoms with van der Waals surface area (Å²) in [5, 5.41) is 33.9. The minimum absolute atomic E-state index is 0.0474. The third-order valence-electron chi connectivity index (χ3n) is 6.17. The van der Waals surface area contributed by atoms with Gasteiger partial charge in [-0.3, -0.25) is 9.36 Å². The van der Waals surface area contributed by atoms with Gasteiger partial charge < -0.3 is 31.1 Å². The van der Waals surface area contributed by atoms with Crippen LogP contribution in [-0.4, -0.2) is 65.7 Å². The van der Waals surface area contributed by atoms with Gasteiger partial charge in [-0.15, -0.1) is 0 Å². The Labute approximate surface area is 196 Å². The van der Waals surface area contributed by atoms with Crippen molar-refractivity contribution in [3.63, 3.8) is 0 Å². The van der Waals surface area contributed by atoms with Crippen molar-refractivity contribution in [1.82, 2.24) is 24.8 Å². The number of fused-ring (bicyclic) bond motifs is 1. The number of aliphatic carboxylic acids is 1. The van der Waals surface area contributed by atoms with Gasteiger partial charge in [-0.1, -0.05) is 30.3 Å². The highest BCUT2D eigenvalue weighted by Crippen LogP contribution is 2.35. The maximum Gasteiger partial charge on any atom is 0.303 e. The number of anilines is 1. The van der Waals surface area contributed by atoms with Gasteiger partial charge in [0.1, 0.15) is 24.1 Å². The molecule has 1 aliphatic heterocycles. The number of aliphatic hydroxyl groups excluding tert-OH is 2. The number of nitrogen functional groups attached to an aromatic ring is 1. The van der Waals surface area contributed by atoms with Crippen LogP contribution in [0.15, 0.2) is 43.0 Å². The highest BCUT2D eigenvalue weighted by molar-refractivity contribution is 5.81. The molecule has 0 bridgehead atoms. The highest BCUT2D eigenvalue weighted by Gasteiger charge is 2.44. The molecule has 3 aromatic rings. The molecule has 182 valence electrons. The molecule has 1 aromatic carbocycles. The second-order valence-corrected chi connectivity index (χ2v) is 8.63. The summed E-state index contributed by atoms with van der Waals surface area (Å²) in [6, 6.07) is 9.97. The van der Waals surface area contributed by atoms with Crippen LogP contribution in [0.4, 0.5) is 5.82 Å². The van der Waals surface area contributed by atoms with Crippen molar-refractivity contribution in [3.05, 3.63) is 48.5 Å². The number of nitrogens with two attached hydrogens (primary N) is 1. The van der Waals surface area contributed by atoms with Gasteiger partial charge in [0.2, 0.25) is 0 Å². The van der Waals surface area contributed by atoms with E-state index in [4.69, 9.17) is 15.6 Å². The van der Waals surface area contributed by atoms with Gasteiger partial charge in [0.25, 0.3) is 0 Å². The lowest BCUT2D eigenvalue weighted by atomic mass is 9.92. The van der Waals surface area contributed by atoms with Gasteiger partial charge >= 0.3 is 5.97 Å². The Balaban J connectivity index is 1.42. The van der Waals surface area contributed by atoms with Crippen LogP contribution in [0.2, 0.25) is 0 Å². The Morgan fingerprint density at radius 1 is 1.18 bits per heavy atom. The summed E-state index contributed by atoms with van der Waals surface area (Å²) in [6.07, 6.45) is 0.668. The van der Waals surface area contributed by atoms with E-state index in [-0.39, 0.29) is 18.2 Å². The molecular weight excluding hydrogens is 440 g/mol. The minimum atomic E-state index is -1.18. The van der Waals surface area contributed by atoms with E-state index < -0.39 is 30.5 Å². The molecule has 1 aliphatic rings. The number of hydrogen-bond donors (Lipinski definition) is 5. The van der Waals surface area contributed by atoms with Crippen molar-refractivity contribution in [1.29, 1.82) is 0 Å². The molecule has 0 aliphatic carbocycles. The maximum absolute atomic E-state index is 11.0.